The molecule has 0 aromatic heterocycles. The van der Waals surface area contributed by atoms with Crippen LogP contribution in [-0.4, -0.2) is 71.2 Å². The molecule has 2 heterocycles. The van der Waals surface area contributed by atoms with E-state index in [1.54, 1.807) is 11.8 Å². The Labute approximate surface area is 246 Å². The first kappa shape index (κ1) is 28.0. The van der Waals surface area contributed by atoms with Crippen LogP contribution in [0, 0.1) is 5.41 Å². The van der Waals surface area contributed by atoms with Crippen LogP contribution in [0.25, 0.3) is 11.1 Å². The fourth-order valence-corrected chi connectivity index (χ4v) is 6.75. The molecular formula is C34H37N3O5. The number of carbonyl (C=O) groups excluding carboxylic acids is 2. The van der Waals surface area contributed by atoms with E-state index < -0.39 is 23.0 Å². The summed E-state index contributed by atoms with van der Waals surface area (Å²) in [6.07, 6.45) is 0.598. The number of aliphatic carboxylic acids is 1. The first-order chi connectivity index (χ1) is 20.3. The lowest BCUT2D eigenvalue weighted by Crippen LogP contribution is -2.62. The van der Waals surface area contributed by atoms with Gasteiger partial charge in [-0.3, -0.25) is 14.5 Å². The Morgan fingerprint density at radius 3 is 2.07 bits per heavy atom. The average molecular weight is 568 g/mol. The number of hydrogen-bond donors (Lipinski definition) is 2. The van der Waals surface area contributed by atoms with Gasteiger partial charge in [-0.2, -0.15) is 0 Å². The number of likely N-dealkylation sites (tertiary alicyclic amines) is 2. The van der Waals surface area contributed by atoms with E-state index in [1.165, 1.54) is 0 Å². The Hall–Kier alpha value is -4.17. The van der Waals surface area contributed by atoms with Gasteiger partial charge in [0, 0.05) is 38.6 Å². The molecular weight excluding hydrogens is 530 g/mol. The van der Waals surface area contributed by atoms with Crippen molar-refractivity contribution >= 4 is 18.0 Å². The summed E-state index contributed by atoms with van der Waals surface area (Å²) < 4.78 is 5.87. The molecule has 8 nitrogen and oxygen atoms in total. The van der Waals surface area contributed by atoms with Gasteiger partial charge in [-0.25, -0.2) is 4.79 Å². The summed E-state index contributed by atoms with van der Waals surface area (Å²) in [4.78, 5) is 43.2. The van der Waals surface area contributed by atoms with Crippen LogP contribution in [0.1, 0.15) is 48.8 Å². The van der Waals surface area contributed by atoms with Gasteiger partial charge in [0.15, 0.2) is 0 Å². The van der Waals surface area contributed by atoms with Gasteiger partial charge in [-0.15, -0.1) is 0 Å². The molecule has 8 heteroatoms. The molecule has 0 bridgehead atoms. The van der Waals surface area contributed by atoms with Gasteiger partial charge >= 0.3 is 12.1 Å². The Morgan fingerprint density at radius 1 is 0.857 bits per heavy atom. The van der Waals surface area contributed by atoms with Crippen molar-refractivity contribution in [1.82, 2.24) is 15.1 Å². The van der Waals surface area contributed by atoms with Crippen LogP contribution in [0.2, 0.25) is 0 Å². The van der Waals surface area contributed by atoms with Gasteiger partial charge in [0.2, 0.25) is 5.91 Å². The van der Waals surface area contributed by atoms with Crippen molar-refractivity contribution in [2.75, 3.05) is 32.8 Å². The number of benzene rings is 3. The number of ether oxygens (including phenoxy) is 1. The van der Waals surface area contributed by atoms with Crippen molar-refractivity contribution < 1.29 is 24.2 Å². The second kappa shape index (κ2) is 11.2. The quantitative estimate of drug-likeness (QED) is 0.422. The predicted octanol–water partition coefficient (Wildman–Crippen LogP) is 4.88. The van der Waals surface area contributed by atoms with Crippen molar-refractivity contribution in [1.29, 1.82) is 0 Å². The zero-order valence-corrected chi connectivity index (χ0v) is 23.9. The summed E-state index contributed by atoms with van der Waals surface area (Å²) in [6, 6.07) is 26.4. The Morgan fingerprint density at radius 2 is 1.45 bits per heavy atom. The number of carboxylic acids is 1. The summed E-state index contributed by atoms with van der Waals surface area (Å²) in [5.41, 5.74) is 3.70. The topological polar surface area (TPSA) is 99.2 Å². The lowest BCUT2D eigenvalue weighted by atomic mass is 9.80. The smallest absolute Gasteiger partial charge is 0.408 e. The van der Waals surface area contributed by atoms with Crippen LogP contribution in [0.3, 0.4) is 0 Å². The van der Waals surface area contributed by atoms with Crippen LogP contribution in [-0.2, 0) is 20.9 Å². The maximum Gasteiger partial charge on any atom is 0.408 e. The molecule has 0 saturated carbocycles. The minimum Gasteiger partial charge on any atom is -0.481 e. The molecule has 0 radical (unpaired) electrons. The lowest BCUT2D eigenvalue weighted by Gasteiger charge is -2.41. The monoisotopic (exact) mass is 567 g/mol. The van der Waals surface area contributed by atoms with E-state index >= 15 is 0 Å². The van der Waals surface area contributed by atoms with E-state index in [-0.39, 0.29) is 18.4 Å². The van der Waals surface area contributed by atoms with Crippen LogP contribution < -0.4 is 5.32 Å². The first-order valence-corrected chi connectivity index (χ1v) is 14.7. The molecule has 3 aromatic rings. The van der Waals surface area contributed by atoms with Gasteiger partial charge in [0.25, 0.3) is 0 Å². The Balaban J connectivity index is 1.18. The number of fused-ring (bicyclic) bond motifs is 3. The molecule has 2 fully saturated rings. The number of amides is 2. The molecule has 1 atom stereocenters. The Kier molecular flexibility index (Phi) is 7.49. The standard InChI is InChI=1S/C34H37N3O5/c1-33(31(39)40)15-19-37(20-16-33)30(38)34(17-18-36(23-34)21-24-9-3-2-4-10-24)35-32(41)42-22-29-27-13-7-5-11-25(27)26-12-6-8-14-28(26)29/h2-14,29H,15-23H2,1H3,(H,35,41)(H,39,40). The van der Waals surface area contributed by atoms with Crippen LogP contribution in [0.5, 0.6) is 0 Å². The molecule has 3 aliphatic rings. The molecule has 0 spiro atoms. The van der Waals surface area contributed by atoms with Crippen molar-refractivity contribution in [2.45, 2.75) is 44.2 Å². The highest BCUT2D eigenvalue weighted by Gasteiger charge is 2.50. The van der Waals surface area contributed by atoms with E-state index in [0.29, 0.717) is 52.0 Å². The van der Waals surface area contributed by atoms with E-state index in [4.69, 9.17) is 4.74 Å². The normalized spacial score (nSPS) is 21.4. The number of alkyl carbamates (subject to hydrolysis) is 1. The van der Waals surface area contributed by atoms with Gasteiger partial charge in [0.05, 0.1) is 5.41 Å². The lowest BCUT2D eigenvalue weighted by molar-refractivity contribution is -0.154. The van der Waals surface area contributed by atoms with Crippen LogP contribution in [0.15, 0.2) is 78.9 Å². The van der Waals surface area contributed by atoms with Crippen molar-refractivity contribution in [3.63, 3.8) is 0 Å². The number of carbonyl (C=O) groups is 3. The maximum absolute atomic E-state index is 14.1. The molecule has 3 aromatic carbocycles. The predicted molar refractivity (Wildman–Crippen MR) is 159 cm³/mol. The van der Waals surface area contributed by atoms with Crippen molar-refractivity contribution in [3.8, 4) is 11.1 Å². The highest BCUT2D eigenvalue weighted by Crippen LogP contribution is 2.44. The van der Waals surface area contributed by atoms with Crippen LogP contribution in [0.4, 0.5) is 4.79 Å². The molecule has 6 rings (SSSR count). The zero-order chi connectivity index (χ0) is 29.3. The number of rotatable bonds is 7. The van der Waals surface area contributed by atoms with E-state index in [2.05, 4.69) is 46.6 Å². The fourth-order valence-electron chi connectivity index (χ4n) is 6.75. The molecule has 2 amide bonds. The SMILES string of the molecule is CC1(C(=O)O)CCN(C(=O)C2(NC(=O)OCC3c4ccccc4-c4ccccc43)CCN(Cc3ccccc3)C2)CC1. The Bertz CT molecular complexity index is 1440. The molecule has 2 aliphatic heterocycles. The third kappa shape index (κ3) is 5.27. The zero-order valence-electron chi connectivity index (χ0n) is 23.9. The average Bonchev–Trinajstić information content (AvgIpc) is 3.55. The first-order valence-electron chi connectivity index (χ1n) is 14.7. The van der Waals surface area contributed by atoms with E-state index in [0.717, 1.165) is 27.8 Å². The molecule has 2 N–H and O–H groups in total. The number of nitrogens with one attached hydrogen (secondary N) is 1. The molecule has 2 saturated heterocycles. The minimum absolute atomic E-state index is 0.0799. The summed E-state index contributed by atoms with van der Waals surface area (Å²) in [5, 5.41) is 12.7. The van der Waals surface area contributed by atoms with Gasteiger partial charge < -0.3 is 20.1 Å². The van der Waals surface area contributed by atoms with Gasteiger partial charge in [0.1, 0.15) is 12.1 Å². The third-order valence-electron chi connectivity index (χ3n) is 9.36. The summed E-state index contributed by atoms with van der Waals surface area (Å²) in [5.74, 6) is -1.08. The van der Waals surface area contributed by atoms with E-state index in [1.807, 2.05) is 42.5 Å². The second-order valence-corrected chi connectivity index (χ2v) is 12.1. The highest BCUT2D eigenvalue weighted by molar-refractivity contribution is 5.91. The summed E-state index contributed by atoms with van der Waals surface area (Å²) >= 11 is 0. The highest BCUT2D eigenvalue weighted by atomic mass is 16.5. The van der Waals surface area contributed by atoms with Crippen molar-refractivity contribution in [3.05, 3.63) is 95.6 Å². The van der Waals surface area contributed by atoms with Crippen LogP contribution >= 0.6 is 0 Å². The second-order valence-electron chi connectivity index (χ2n) is 12.1. The number of hydrogen-bond acceptors (Lipinski definition) is 5. The molecule has 218 valence electrons. The molecule has 1 unspecified atom stereocenters. The summed E-state index contributed by atoms with van der Waals surface area (Å²) in [7, 11) is 0. The summed E-state index contributed by atoms with van der Waals surface area (Å²) in [6.45, 7) is 4.25. The molecule has 1 aliphatic carbocycles. The number of piperidine rings is 1. The maximum atomic E-state index is 14.1. The number of nitrogens with zero attached hydrogens (tertiary/aromatic N) is 2. The number of carboxylic acid groups (broad SMARTS) is 1. The van der Waals surface area contributed by atoms with Gasteiger partial charge in [-0.05, 0) is 54.0 Å². The minimum atomic E-state index is -1.14. The largest absolute Gasteiger partial charge is 0.481 e. The van der Waals surface area contributed by atoms with E-state index in [9.17, 15) is 19.5 Å². The fraction of sp³-hybridized carbons (Fsp3) is 0.382. The third-order valence-corrected chi connectivity index (χ3v) is 9.36. The van der Waals surface area contributed by atoms with Gasteiger partial charge in [-0.1, -0.05) is 78.9 Å². The molecule has 42 heavy (non-hydrogen) atoms. The van der Waals surface area contributed by atoms with Crippen molar-refractivity contribution in [2.24, 2.45) is 5.41 Å².